The number of fused-ring (bicyclic) bond motifs is 1. The van der Waals surface area contributed by atoms with E-state index in [0.717, 1.165) is 27.6 Å². The lowest BCUT2D eigenvalue weighted by Gasteiger charge is -2.21. The van der Waals surface area contributed by atoms with Gasteiger partial charge < -0.3 is 9.64 Å². The first kappa shape index (κ1) is 20.3. The van der Waals surface area contributed by atoms with Gasteiger partial charge in [-0.1, -0.05) is 17.4 Å². The van der Waals surface area contributed by atoms with Crippen molar-refractivity contribution in [1.82, 2.24) is 4.98 Å². The van der Waals surface area contributed by atoms with Crippen molar-refractivity contribution in [2.45, 2.75) is 20.8 Å². The van der Waals surface area contributed by atoms with Crippen LogP contribution in [0.25, 0.3) is 10.2 Å². The minimum absolute atomic E-state index is 0.0299. The summed E-state index contributed by atoms with van der Waals surface area (Å²) in [6, 6.07) is 11.5. The molecule has 0 unspecified atom stereocenters. The summed E-state index contributed by atoms with van der Waals surface area (Å²) in [5, 5.41) is 0.754. The molecule has 1 N–H and O–H groups in total. The van der Waals surface area contributed by atoms with Gasteiger partial charge in [-0.3, -0.25) is 9.69 Å². The zero-order valence-electron chi connectivity index (χ0n) is 17.2. The Balaban J connectivity index is 1.96. The van der Waals surface area contributed by atoms with Crippen LogP contribution in [0.1, 0.15) is 28.4 Å². The summed E-state index contributed by atoms with van der Waals surface area (Å²) in [6.45, 7) is 8.19. The zero-order valence-corrected chi connectivity index (χ0v) is 18.0. The van der Waals surface area contributed by atoms with Crippen molar-refractivity contribution in [1.29, 1.82) is 0 Å². The Morgan fingerprint density at radius 2 is 1.86 bits per heavy atom. The molecule has 0 aliphatic carbocycles. The lowest BCUT2D eigenvalue weighted by Crippen LogP contribution is -3.06. The molecule has 2 aromatic carbocycles. The molecule has 3 aromatic rings. The predicted octanol–water partition coefficient (Wildman–Crippen LogP) is 3.10. The fourth-order valence-electron chi connectivity index (χ4n) is 2.97. The van der Waals surface area contributed by atoms with Gasteiger partial charge in [-0.05, 0) is 62.2 Å². The second-order valence-corrected chi connectivity index (χ2v) is 8.23. The number of benzene rings is 2. The van der Waals surface area contributed by atoms with Gasteiger partial charge in [-0.15, -0.1) is 0 Å². The molecular formula is C22H28N3O2S+. The van der Waals surface area contributed by atoms with Crippen LogP contribution in [0.4, 0.5) is 5.13 Å². The van der Waals surface area contributed by atoms with Gasteiger partial charge in [-0.2, -0.15) is 0 Å². The van der Waals surface area contributed by atoms with Gasteiger partial charge in [0, 0.05) is 5.56 Å². The monoisotopic (exact) mass is 398 g/mol. The number of carbonyl (C=O) groups is 1. The van der Waals surface area contributed by atoms with Crippen LogP contribution in [0.5, 0.6) is 5.75 Å². The van der Waals surface area contributed by atoms with Crippen LogP contribution in [0.3, 0.4) is 0 Å². The van der Waals surface area contributed by atoms with Gasteiger partial charge in [0.25, 0.3) is 5.91 Å². The van der Waals surface area contributed by atoms with E-state index < -0.39 is 0 Å². The molecule has 1 aromatic heterocycles. The first-order valence-corrected chi connectivity index (χ1v) is 10.4. The summed E-state index contributed by atoms with van der Waals surface area (Å²) in [4.78, 5) is 21.2. The number of aromatic nitrogens is 1. The molecule has 0 saturated heterocycles. The normalized spacial score (nSPS) is 11.2. The molecule has 0 radical (unpaired) electrons. The van der Waals surface area contributed by atoms with Crippen molar-refractivity contribution in [3.05, 3.63) is 53.1 Å². The quantitative estimate of drug-likeness (QED) is 0.665. The zero-order chi connectivity index (χ0) is 20.3. The van der Waals surface area contributed by atoms with Crippen molar-refractivity contribution in [2.75, 3.05) is 38.7 Å². The van der Waals surface area contributed by atoms with Gasteiger partial charge in [0.2, 0.25) is 0 Å². The van der Waals surface area contributed by atoms with Crippen molar-refractivity contribution >= 4 is 32.6 Å². The first-order valence-electron chi connectivity index (χ1n) is 9.61. The van der Waals surface area contributed by atoms with E-state index in [1.165, 1.54) is 16.0 Å². The van der Waals surface area contributed by atoms with Gasteiger partial charge in [0.05, 0.1) is 44.0 Å². The molecule has 28 heavy (non-hydrogen) atoms. The van der Waals surface area contributed by atoms with E-state index in [9.17, 15) is 4.79 Å². The standard InChI is InChI=1S/C22H27N3O2S/c1-6-27-18-10-8-17(9-11-18)21(26)25(14-13-24(4)5)22-23-20-16(3)15(2)7-12-19(20)28-22/h7-12H,6,13-14H2,1-5H3/p+1. The number of carbonyl (C=O) groups excluding carboxylic acids is 1. The number of nitrogens with zero attached hydrogens (tertiary/aromatic N) is 2. The fourth-order valence-corrected chi connectivity index (χ4v) is 4.01. The maximum absolute atomic E-state index is 13.3. The molecule has 0 aliphatic heterocycles. The molecule has 6 heteroatoms. The van der Waals surface area contributed by atoms with Crippen LogP contribution in [0.2, 0.25) is 0 Å². The topological polar surface area (TPSA) is 46.9 Å². The predicted molar refractivity (Wildman–Crippen MR) is 116 cm³/mol. The molecule has 0 saturated carbocycles. The van der Waals surface area contributed by atoms with Crippen molar-refractivity contribution < 1.29 is 14.4 Å². The van der Waals surface area contributed by atoms with Crippen LogP contribution in [-0.4, -0.2) is 44.7 Å². The van der Waals surface area contributed by atoms with E-state index >= 15 is 0 Å². The molecule has 5 nitrogen and oxygen atoms in total. The highest BCUT2D eigenvalue weighted by molar-refractivity contribution is 7.22. The Hall–Kier alpha value is -2.44. The highest BCUT2D eigenvalue weighted by atomic mass is 32.1. The Morgan fingerprint density at radius 1 is 1.14 bits per heavy atom. The number of nitrogens with one attached hydrogen (secondary N) is 1. The lowest BCUT2D eigenvalue weighted by atomic mass is 10.1. The Morgan fingerprint density at radius 3 is 2.50 bits per heavy atom. The largest absolute Gasteiger partial charge is 0.494 e. The van der Waals surface area contributed by atoms with E-state index in [2.05, 4.69) is 40.1 Å². The second-order valence-electron chi connectivity index (χ2n) is 7.22. The van der Waals surface area contributed by atoms with Crippen LogP contribution in [-0.2, 0) is 0 Å². The number of aryl methyl sites for hydroxylation is 2. The van der Waals surface area contributed by atoms with Gasteiger partial charge in [0.15, 0.2) is 5.13 Å². The van der Waals surface area contributed by atoms with Crippen molar-refractivity contribution in [2.24, 2.45) is 0 Å². The molecule has 0 atom stereocenters. The molecule has 1 amide bonds. The summed E-state index contributed by atoms with van der Waals surface area (Å²) in [6.07, 6.45) is 0. The van der Waals surface area contributed by atoms with Crippen LogP contribution >= 0.6 is 11.3 Å². The molecule has 1 heterocycles. The van der Waals surface area contributed by atoms with E-state index in [1.54, 1.807) is 11.3 Å². The van der Waals surface area contributed by atoms with Crippen LogP contribution in [0.15, 0.2) is 36.4 Å². The maximum atomic E-state index is 13.3. The van der Waals surface area contributed by atoms with Gasteiger partial charge in [0.1, 0.15) is 5.75 Å². The number of amides is 1. The number of quaternary nitrogens is 1. The number of ether oxygens (including phenoxy) is 1. The van der Waals surface area contributed by atoms with Crippen LogP contribution < -0.4 is 14.5 Å². The smallest absolute Gasteiger partial charge is 0.260 e. The van der Waals surface area contributed by atoms with E-state index in [1.807, 2.05) is 36.1 Å². The highest BCUT2D eigenvalue weighted by Crippen LogP contribution is 2.32. The maximum Gasteiger partial charge on any atom is 0.260 e. The molecule has 148 valence electrons. The Labute approximate surface area is 170 Å². The Bertz CT molecular complexity index is 964. The van der Waals surface area contributed by atoms with Gasteiger partial charge in [-0.25, -0.2) is 4.98 Å². The van der Waals surface area contributed by atoms with Crippen molar-refractivity contribution in [3.63, 3.8) is 0 Å². The highest BCUT2D eigenvalue weighted by Gasteiger charge is 2.22. The summed E-state index contributed by atoms with van der Waals surface area (Å²) in [7, 11) is 4.18. The Kier molecular flexibility index (Phi) is 6.31. The van der Waals surface area contributed by atoms with E-state index in [-0.39, 0.29) is 5.91 Å². The van der Waals surface area contributed by atoms with Crippen LogP contribution in [0, 0.1) is 13.8 Å². The summed E-state index contributed by atoms with van der Waals surface area (Å²) >= 11 is 1.57. The number of anilines is 1. The number of hydrogen-bond acceptors (Lipinski definition) is 4. The summed E-state index contributed by atoms with van der Waals surface area (Å²) in [5.41, 5.74) is 4.02. The fraction of sp³-hybridized carbons (Fsp3) is 0.364. The number of rotatable bonds is 7. The molecule has 0 bridgehead atoms. The SMILES string of the molecule is CCOc1ccc(C(=O)N(CC[NH+](C)C)c2nc3c(C)c(C)ccc3s2)cc1. The number of hydrogen-bond donors (Lipinski definition) is 1. The lowest BCUT2D eigenvalue weighted by molar-refractivity contribution is -0.856. The third-order valence-electron chi connectivity index (χ3n) is 4.80. The number of thiazole rings is 1. The molecule has 0 aliphatic rings. The number of likely N-dealkylation sites (N-methyl/N-ethyl adjacent to an activating group) is 1. The summed E-state index contributed by atoms with van der Waals surface area (Å²) < 4.78 is 6.60. The molecule has 0 fully saturated rings. The second kappa shape index (κ2) is 8.71. The third kappa shape index (κ3) is 4.34. The van der Waals surface area contributed by atoms with E-state index in [4.69, 9.17) is 9.72 Å². The minimum Gasteiger partial charge on any atom is -0.494 e. The first-order chi connectivity index (χ1) is 13.4. The average molecular weight is 399 g/mol. The average Bonchev–Trinajstić information content (AvgIpc) is 3.10. The van der Waals surface area contributed by atoms with Gasteiger partial charge >= 0.3 is 0 Å². The third-order valence-corrected chi connectivity index (χ3v) is 5.84. The summed E-state index contributed by atoms with van der Waals surface area (Å²) in [5.74, 6) is 0.743. The molecule has 3 rings (SSSR count). The molecule has 0 spiro atoms. The molecular weight excluding hydrogens is 370 g/mol. The van der Waals surface area contributed by atoms with E-state index in [0.29, 0.717) is 18.7 Å². The van der Waals surface area contributed by atoms with Crippen molar-refractivity contribution in [3.8, 4) is 5.75 Å². The minimum atomic E-state index is -0.0299.